The maximum Gasteiger partial charge on any atom is 0.273 e. The van der Waals surface area contributed by atoms with E-state index >= 15 is 0 Å². The van der Waals surface area contributed by atoms with Crippen molar-refractivity contribution < 1.29 is 19.1 Å². The van der Waals surface area contributed by atoms with Crippen molar-refractivity contribution in [1.29, 1.82) is 0 Å². The second-order valence-electron chi connectivity index (χ2n) is 6.34. The third kappa shape index (κ3) is 4.61. The van der Waals surface area contributed by atoms with Crippen molar-refractivity contribution >= 4 is 35.0 Å². The predicted octanol–water partition coefficient (Wildman–Crippen LogP) is 2.48. The Labute approximate surface area is 167 Å². The number of ether oxygens (including phenoxy) is 1. The summed E-state index contributed by atoms with van der Waals surface area (Å²) in [6.07, 6.45) is 1.52. The number of halogens is 1. The van der Waals surface area contributed by atoms with Crippen LogP contribution in [0.25, 0.3) is 0 Å². The van der Waals surface area contributed by atoms with Crippen LogP contribution >= 0.6 is 11.6 Å². The number of hydrogen-bond donors (Lipinski definition) is 2. The lowest BCUT2D eigenvalue weighted by atomic mass is 10.1. The number of carbonyl (C=O) groups excluding carboxylic acids is 3. The van der Waals surface area contributed by atoms with Crippen LogP contribution in [0.4, 0.5) is 5.69 Å². The maximum absolute atomic E-state index is 12.3. The van der Waals surface area contributed by atoms with Gasteiger partial charge in [-0.15, -0.1) is 0 Å². The minimum absolute atomic E-state index is 0.0845. The van der Waals surface area contributed by atoms with E-state index in [1.165, 1.54) is 13.2 Å². The SMILES string of the molecule is COc1ccc(Cl)cc1C(=O)NNC(=O)Cc1ccc(N2CCCC2=O)cc1. The van der Waals surface area contributed by atoms with Gasteiger partial charge in [0.05, 0.1) is 19.1 Å². The Hall–Kier alpha value is -3.06. The molecule has 0 atom stereocenters. The van der Waals surface area contributed by atoms with Crippen LogP contribution in [0.2, 0.25) is 5.02 Å². The quantitative estimate of drug-likeness (QED) is 0.753. The zero-order valence-electron chi connectivity index (χ0n) is 15.3. The lowest BCUT2D eigenvalue weighted by molar-refractivity contribution is -0.121. The van der Waals surface area contributed by atoms with E-state index in [-0.39, 0.29) is 23.8 Å². The standard InChI is InChI=1S/C20H20ClN3O4/c1-28-17-9-6-14(21)12-16(17)20(27)23-22-18(25)11-13-4-7-15(8-5-13)24-10-2-3-19(24)26/h4-9,12H,2-3,10-11H2,1H3,(H,22,25)(H,23,27). The van der Waals surface area contributed by atoms with Gasteiger partial charge in [-0.2, -0.15) is 0 Å². The monoisotopic (exact) mass is 401 g/mol. The molecule has 0 spiro atoms. The molecule has 1 aliphatic heterocycles. The highest BCUT2D eigenvalue weighted by Gasteiger charge is 2.21. The number of benzene rings is 2. The molecule has 2 aromatic rings. The molecule has 1 saturated heterocycles. The summed E-state index contributed by atoms with van der Waals surface area (Å²) in [7, 11) is 1.44. The second kappa shape index (κ2) is 8.75. The zero-order chi connectivity index (χ0) is 20.1. The van der Waals surface area contributed by atoms with Crippen LogP contribution in [0.3, 0.4) is 0 Å². The number of rotatable bonds is 5. The molecule has 0 radical (unpaired) electrons. The number of hydrogen-bond acceptors (Lipinski definition) is 4. The number of amides is 3. The number of nitrogens with one attached hydrogen (secondary N) is 2. The Balaban J connectivity index is 1.55. The van der Waals surface area contributed by atoms with Crippen LogP contribution in [-0.2, 0) is 16.0 Å². The van der Waals surface area contributed by atoms with E-state index in [1.54, 1.807) is 29.2 Å². The molecule has 1 fully saturated rings. The number of anilines is 1. The highest BCUT2D eigenvalue weighted by molar-refractivity contribution is 6.31. The highest BCUT2D eigenvalue weighted by atomic mass is 35.5. The Morgan fingerprint density at radius 2 is 1.89 bits per heavy atom. The summed E-state index contributed by atoms with van der Waals surface area (Å²) in [5.41, 5.74) is 6.54. The van der Waals surface area contributed by atoms with E-state index in [1.807, 2.05) is 12.1 Å². The fourth-order valence-electron chi connectivity index (χ4n) is 3.00. The van der Waals surface area contributed by atoms with Gasteiger partial charge < -0.3 is 9.64 Å². The van der Waals surface area contributed by atoms with Crippen LogP contribution in [0, 0.1) is 0 Å². The van der Waals surface area contributed by atoms with Gasteiger partial charge in [0.2, 0.25) is 11.8 Å². The van der Waals surface area contributed by atoms with E-state index in [0.717, 1.165) is 24.2 Å². The third-order valence-corrected chi connectivity index (χ3v) is 4.64. The van der Waals surface area contributed by atoms with E-state index in [2.05, 4.69) is 10.9 Å². The van der Waals surface area contributed by atoms with Crippen molar-refractivity contribution in [2.75, 3.05) is 18.6 Å². The molecule has 146 valence electrons. The van der Waals surface area contributed by atoms with Gasteiger partial charge in [-0.25, -0.2) is 0 Å². The summed E-state index contributed by atoms with van der Waals surface area (Å²) in [5.74, 6) is -0.442. The van der Waals surface area contributed by atoms with Crippen LogP contribution in [0.5, 0.6) is 5.75 Å². The molecule has 3 amide bonds. The Morgan fingerprint density at radius 1 is 1.14 bits per heavy atom. The summed E-state index contributed by atoms with van der Waals surface area (Å²) >= 11 is 5.91. The highest BCUT2D eigenvalue weighted by Crippen LogP contribution is 2.23. The molecule has 7 nitrogen and oxygen atoms in total. The van der Waals surface area contributed by atoms with Crippen molar-refractivity contribution in [2.24, 2.45) is 0 Å². The van der Waals surface area contributed by atoms with Gasteiger partial charge in [-0.3, -0.25) is 25.2 Å². The van der Waals surface area contributed by atoms with Crippen molar-refractivity contribution in [3.63, 3.8) is 0 Å². The molecule has 3 rings (SSSR count). The van der Waals surface area contributed by atoms with Crippen molar-refractivity contribution in [2.45, 2.75) is 19.3 Å². The normalized spacial score (nSPS) is 13.4. The molecule has 0 aliphatic carbocycles. The first-order chi connectivity index (χ1) is 13.5. The lowest BCUT2D eigenvalue weighted by Gasteiger charge is -2.16. The van der Waals surface area contributed by atoms with Crippen LogP contribution < -0.4 is 20.5 Å². The Bertz CT molecular complexity index is 899. The first kappa shape index (κ1) is 19.7. The van der Waals surface area contributed by atoms with Gasteiger partial charge in [0.1, 0.15) is 5.75 Å². The number of nitrogens with zero attached hydrogens (tertiary/aromatic N) is 1. The molecule has 0 saturated carbocycles. The van der Waals surface area contributed by atoms with Gasteiger partial charge in [0.25, 0.3) is 5.91 Å². The van der Waals surface area contributed by atoms with Gasteiger partial charge in [-0.05, 0) is 42.3 Å². The molecule has 2 N–H and O–H groups in total. The lowest BCUT2D eigenvalue weighted by Crippen LogP contribution is -2.42. The average molecular weight is 402 g/mol. The largest absolute Gasteiger partial charge is 0.496 e. The average Bonchev–Trinajstić information content (AvgIpc) is 3.12. The first-order valence-corrected chi connectivity index (χ1v) is 9.18. The Morgan fingerprint density at radius 3 is 2.54 bits per heavy atom. The fraction of sp³-hybridized carbons (Fsp3) is 0.250. The first-order valence-electron chi connectivity index (χ1n) is 8.80. The minimum Gasteiger partial charge on any atom is -0.496 e. The summed E-state index contributed by atoms with van der Waals surface area (Å²) in [6, 6.07) is 11.9. The second-order valence-corrected chi connectivity index (χ2v) is 6.78. The molecule has 8 heteroatoms. The van der Waals surface area contributed by atoms with E-state index in [9.17, 15) is 14.4 Å². The summed E-state index contributed by atoms with van der Waals surface area (Å²) in [5, 5.41) is 0.383. The number of methoxy groups -OCH3 is 1. The smallest absolute Gasteiger partial charge is 0.273 e. The summed E-state index contributed by atoms with van der Waals surface area (Å²) in [4.78, 5) is 37.9. The minimum atomic E-state index is -0.532. The third-order valence-electron chi connectivity index (χ3n) is 4.41. The fourth-order valence-corrected chi connectivity index (χ4v) is 3.17. The van der Waals surface area contributed by atoms with Crippen LogP contribution in [0.1, 0.15) is 28.8 Å². The van der Waals surface area contributed by atoms with Crippen LogP contribution in [0.15, 0.2) is 42.5 Å². The van der Waals surface area contributed by atoms with Crippen molar-refractivity contribution in [1.82, 2.24) is 10.9 Å². The van der Waals surface area contributed by atoms with E-state index in [0.29, 0.717) is 17.2 Å². The molecule has 0 aromatic heterocycles. The molecule has 28 heavy (non-hydrogen) atoms. The summed E-state index contributed by atoms with van der Waals surface area (Å²) < 4.78 is 5.12. The van der Waals surface area contributed by atoms with E-state index in [4.69, 9.17) is 16.3 Å². The molecular formula is C20H20ClN3O4. The zero-order valence-corrected chi connectivity index (χ0v) is 16.1. The molecule has 2 aromatic carbocycles. The van der Waals surface area contributed by atoms with Gasteiger partial charge in [-0.1, -0.05) is 23.7 Å². The van der Waals surface area contributed by atoms with Crippen molar-refractivity contribution in [3.05, 3.63) is 58.6 Å². The molecule has 0 unspecified atom stereocenters. The molecule has 1 heterocycles. The van der Waals surface area contributed by atoms with Crippen molar-refractivity contribution in [3.8, 4) is 5.75 Å². The summed E-state index contributed by atoms with van der Waals surface area (Å²) in [6.45, 7) is 0.720. The maximum atomic E-state index is 12.3. The molecule has 0 bridgehead atoms. The van der Waals surface area contributed by atoms with Gasteiger partial charge in [0.15, 0.2) is 0 Å². The van der Waals surface area contributed by atoms with Gasteiger partial charge in [0, 0.05) is 23.7 Å². The number of hydrazine groups is 1. The van der Waals surface area contributed by atoms with Crippen LogP contribution in [-0.4, -0.2) is 31.4 Å². The van der Waals surface area contributed by atoms with E-state index < -0.39 is 5.91 Å². The molecule has 1 aliphatic rings. The predicted molar refractivity (Wildman–Crippen MR) is 105 cm³/mol. The molecular weight excluding hydrogens is 382 g/mol. The number of carbonyl (C=O) groups is 3. The van der Waals surface area contributed by atoms with Gasteiger partial charge >= 0.3 is 0 Å². The topological polar surface area (TPSA) is 87.7 Å². The Kier molecular flexibility index (Phi) is 6.16.